The Balaban J connectivity index is 1.72. The van der Waals surface area contributed by atoms with Crippen LogP contribution in [0.15, 0.2) is 70.6 Å². The van der Waals surface area contributed by atoms with Crippen LogP contribution < -0.4 is 14.8 Å². The minimum Gasteiger partial charge on any atom is -0.454 e. The number of alkyl halides is 3. The molecule has 11 heteroatoms. The molecule has 0 atom stereocenters. The van der Waals surface area contributed by atoms with Crippen molar-refractivity contribution < 1.29 is 26.3 Å². The third-order valence-electron chi connectivity index (χ3n) is 4.76. The highest BCUT2D eigenvalue weighted by Gasteiger charge is 2.33. The number of nitrogens with one attached hydrogen (secondary N) is 2. The first-order valence-electron chi connectivity index (χ1n) is 9.61. The molecule has 3 aromatic carbocycles. The average Bonchev–Trinajstić information content (AvgIpc) is 2.74. The molecule has 6 nitrogen and oxygen atoms in total. The summed E-state index contributed by atoms with van der Waals surface area (Å²) in [6.07, 6.45) is -4.56. The fraction of sp³-hybridized carbons (Fsp3) is 0.136. The molecule has 2 N–H and O–H groups in total. The summed E-state index contributed by atoms with van der Waals surface area (Å²) >= 11 is 6.16. The first kappa shape index (κ1) is 22.9. The molecule has 0 aromatic heterocycles. The van der Waals surface area contributed by atoms with Gasteiger partial charge in [-0.1, -0.05) is 41.9 Å². The second-order valence-electron chi connectivity index (χ2n) is 7.22. The average molecular weight is 496 g/mol. The zero-order valence-corrected chi connectivity index (χ0v) is 18.6. The Morgan fingerprint density at radius 3 is 2.45 bits per heavy atom. The van der Waals surface area contributed by atoms with Gasteiger partial charge in [-0.2, -0.15) is 13.2 Å². The van der Waals surface area contributed by atoms with Gasteiger partial charge in [0.25, 0.3) is 10.0 Å². The van der Waals surface area contributed by atoms with Crippen molar-refractivity contribution in [1.82, 2.24) is 4.72 Å². The summed E-state index contributed by atoms with van der Waals surface area (Å²) in [6, 6.07) is 14.7. The SMILES string of the molecule is Cc1cc(Oc2ccccc2Cl)c2c(c1)S(=O)(=O)NC(=NCc1ccccc1C(F)(F)F)N2. The maximum atomic E-state index is 13.3. The van der Waals surface area contributed by atoms with Gasteiger partial charge < -0.3 is 10.1 Å². The second-order valence-corrected chi connectivity index (χ2v) is 9.28. The number of sulfonamides is 1. The molecule has 0 bridgehead atoms. The predicted octanol–water partition coefficient (Wildman–Crippen LogP) is 5.72. The van der Waals surface area contributed by atoms with Crippen molar-refractivity contribution >= 4 is 33.3 Å². The molecule has 3 aromatic rings. The van der Waals surface area contributed by atoms with Crippen LogP contribution in [0.1, 0.15) is 16.7 Å². The Bertz CT molecular complexity index is 1360. The van der Waals surface area contributed by atoms with E-state index in [1.54, 1.807) is 37.3 Å². The summed E-state index contributed by atoms with van der Waals surface area (Å²) in [5, 5.41) is 3.15. The predicted molar refractivity (Wildman–Crippen MR) is 119 cm³/mol. The van der Waals surface area contributed by atoms with E-state index in [9.17, 15) is 21.6 Å². The molecular formula is C22H17ClF3N3O3S. The van der Waals surface area contributed by atoms with E-state index < -0.39 is 28.3 Å². The van der Waals surface area contributed by atoms with Crippen molar-refractivity contribution in [3.8, 4) is 11.5 Å². The zero-order chi connectivity index (χ0) is 23.8. The molecule has 0 radical (unpaired) electrons. The lowest BCUT2D eigenvalue weighted by Gasteiger charge is -2.24. The molecule has 0 amide bonds. The standard InChI is InChI=1S/C22H17ClF3N3O3S/c1-13-10-18(32-17-9-5-4-8-16(17)23)20-19(11-13)33(30,31)29-21(28-20)27-12-14-6-2-3-7-15(14)22(24,25)26/h2-11H,12H2,1H3,(H2,27,28,29). The highest BCUT2D eigenvalue weighted by Crippen LogP contribution is 2.40. The lowest BCUT2D eigenvalue weighted by molar-refractivity contribution is -0.138. The van der Waals surface area contributed by atoms with E-state index in [0.717, 1.165) is 6.07 Å². The number of hydrogen-bond donors (Lipinski definition) is 2. The number of halogens is 4. The molecule has 0 saturated heterocycles. The number of fused-ring (bicyclic) bond motifs is 1. The van der Waals surface area contributed by atoms with Gasteiger partial charge in [0.2, 0.25) is 5.96 Å². The van der Waals surface area contributed by atoms with E-state index in [4.69, 9.17) is 16.3 Å². The topological polar surface area (TPSA) is 79.8 Å². The maximum absolute atomic E-state index is 13.3. The molecule has 0 aliphatic carbocycles. The quantitative estimate of drug-likeness (QED) is 0.485. The molecule has 1 aliphatic heterocycles. The van der Waals surface area contributed by atoms with Crippen LogP contribution in [0.25, 0.3) is 0 Å². The highest BCUT2D eigenvalue weighted by atomic mass is 35.5. The largest absolute Gasteiger partial charge is 0.454 e. The van der Waals surface area contributed by atoms with Crippen LogP contribution in [-0.4, -0.2) is 14.4 Å². The van der Waals surface area contributed by atoms with Gasteiger partial charge in [0.15, 0.2) is 5.75 Å². The van der Waals surface area contributed by atoms with E-state index in [1.807, 2.05) is 0 Å². The molecule has 0 fully saturated rings. The minimum atomic E-state index is -4.56. The number of aryl methyl sites for hydroxylation is 1. The van der Waals surface area contributed by atoms with Crippen LogP contribution in [0.5, 0.6) is 11.5 Å². The summed E-state index contributed by atoms with van der Waals surface area (Å²) < 4.78 is 73.6. The van der Waals surface area contributed by atoms with E-state index in [2.05, 4.69) is 15.0 Å². The zero-order valence-electron chi connectivity index (χ0n) is 17.1. The van der Waals surface area contributed by atoms with Crippen LogP contribution in [0.2, 0.25) is 5.02 Å². The first-order valence-corrected chi connectivity index (χ1v) is 11.5. The Morgan fingerprint density at radius 2 is 1.73 bits per heavy atom. The molecule has 33 heavy (non-hydrogen) atoms. The molecule has 0 unspecified atom stereocenters. The van der Waals surface area contributed by atoms with Crippen molar-refractivity contribution in [2.24, 2.45) is 4.99 Å². The molecule has 1 heterocycles. The number of anilines is 1. The smallest absolute Gasteiger partial charge is 0.416 e. The Morgan fingerprint density at radius 1 is 1.03 bits per heavy atom. The normalized spacial score (nSPS) is 16.0. The summed E-state index contributed by atoms with van der Waals surface area (Å²) in [4.78, 5) is 3.96. The van der Waals surface area contributed by atoms with Crippen LogP contribution in [0.3, 0.4) is 0 Å². The van der Waals surface area contributed by atoms with Gasteiger partial charge >= 0.3 is 6.18 Å². The maximum Gasteiger partial charge on any atom is 0.416 e. The number of aliphatic imine (C=N–C) groups is 1. The number of rotatable bonds is 4. The number of para-hydroxylation sites is 1. The van der Waals surface area contributed by atoms with E-state index in [0.29, 0.717) is 16.3 Å². The third-order valence-corrected chi connectivity index (χ3v) is 6.44. The van der Waals surface area contributed by atoms with Crippen molar-refractivity contribution in [2.45, 2.75) is 24.5 Å². The second kappa shape index (κ2) is 8.60. The summed E-state index contributed by atoms with van der Waals surface area (Å²) in [5.41, 5.74) is -0.225. The highest BCUT2D eigenvalue weighted by molar-refractivity contribution is 7.90. The first-order chi connectivity index (χ1) is 15.5. The number of ether oxygens (including phenoxy) is 1. The van der Waals surface area contributed by atoms with Crippen LogP contribution in [0.4, 0.5) is 18.9 Å². The van der Waals surface area contributed by atoms with Gasteiger partial charge in [-0.05, 0) is 48.4 Å². The Hall–Kier alpha value is -3.24. The fourth-order valence-corrected chi connectivity index (χ4v) is 4.70. The molecule has 4 rings (SSSR count). The summed E-state index contributed by atoms with van der Waals surface area (Å²) in [5.74, 6) is 0.251. The van der Waals surface area contributed by atoms with Crippen molar-refractivity contribution in [3.63, 3.8) is 0 Å². The molecule has 0 saturated carbocycles. The van der Waals surface area contributed by atoms with Gasteiger partial charge in [-0.25, -0.2) is 18.1 Å². The van der Waals surface area contributed by atoms with Crippen molar-refractivity contribution in [1.29, 1.82) is 0 Å². The minimum absolute atomic E-state index is 0.0841. The van der Waals surface area contributed by atoms with Gasteiger partial charge in [-0.3, -0.25) is 0 Å². The molecular weight excluding hydrogens is 479 g/mol. The lowest BCUT2D eigenvalue weighted by Crippen LogP contribution is -2.41. The lowest BCUT2D eigenvalue weighted by atomic mass is 10.1. The number of hydrogen-bond acceptors (Lipinski definition) is 4. The van der Waals surface area contributed by atoms with Gasteiger partial charge in [0, 0.05) is 0 Å². The monoisotopic (exact) mass is 495 g/mol. The molecule has 1 aliphatic rings. The van der Waals surface area contributed by atoms with Gasteiger partial charge in [0.1, 0.15) is 16.3 Å². The fourth-order valence-electron chi connectivity index (χ4n) is 3.28. The van der Waals surface area contributed by atoms with Crippen LogP contribution in [0, 0.1) is 6.92 Å². The molecule has 172 valence electrons. The van der Waals surface area contributed by atoms with E-state index >= 15 is 0 Å². The molecule has 0 spiro atoms. The van der Waals surface area contributed by atoms with Gasteiger partial charge in [0.05, 0.1) is 17.1 Å². The van der Waals surface area contributed by atoms with Gasteiger partial charge in [-0.15, -0.1) is 0 Å². The number of nitrogens with zero attached hydrogens (tertiary/aromatic N) is 1. The van der Waals surface area contributed by atoms with E-state index in [-0.39, 0.29) is 27.9 Å². The van der Waals surface area contributed by atoms with Crippen LogP contribution >= 0.6 is 11.6 Å². The van der Waals surface area contributed by atoms with Crippen LogP contribution in [-0.2, 0) is 22.7 Å². The Labute approximate surface area is 193 Å². The number of guanidine groups is 1. The Kier molecular flexibility index (Phi) is 5.98. The van der Waals surface area contributed by atoms with E-state index in [1.165, 1.54) is 24.3 Å². The number of benzene rings is 3. The summed E-state index contributed by atoms with van der Waals surface area (Å²) in [7, 11) is -4.06. The van der Waals surface area contributed by atoms with Crippen molar-refractivity contribution in [3.05, 3.63) is 82.4 Å². The summed E-state index contributed by atoms with van der Waals surface area (Å²) in [6.45, 7) is 1.30. The third kappa shape index (κ3) is 4.91. The van der Waals surface area contributed by atoms with Crippen molar-refractivity contribution in [2.75, 3.05) is 5.32 Å².